The molecule has 0 unspecified atom stereocenters. The molecule has 1 aromatic carbocycles. The summed E-state index contributed by atoms with van der Waals surface area (Å²) in [6.07, 6.45) is 2.20. The first-order valence-corrected chi connectivity index (χ1v) is 9.91. The van der Waals surface area contributed by atoms with Gasteiger partial charge in [-0.25, -0.2) is 4.68 Å². The number of nitrogens with one attached hydrogen (secondary N) is 1. The smallest absolute Gasteiger partial charge is 0.230 e. The molecule has 0 radical (unpaired) electrons. The molecule has 0 bridgehead atoms. The number of halogens is 1. The van der Waals surface area contributed by atoms with Gasteiger partial charge in [-0.05, 0) is 49.2 Å². The summed E-state index contributed by atoms with van der Waals surface area (Å²) in [7, 11) is 0. The van der Waals surface area contributed by atoms with E-state index in [1.54, 1.807) is 0 Å². The van der Waals surface area contributed by atoms with E-state index in [9.17, 15) is 4.79 Å². The molecule has 7 nitrogen and oxygen atoms in total. The van der Waals surface area contributed by atoms with Crippen molar-refractivity contribution in [2.45, 2.75) is 30.5 Å². The third-order valence-electron chi connectivity index (χ3n) is 4.22. The maximum atomic E-state index is 12.1. The zero-order chi connectivity index (χ0) is 18.8. The summed E-state index contributed by atoms with van der Waals surface area (Å²) in [5.74, 6) is 8.69. The minimum Gasteiger partial charge on any atom is -0.459 e. The number of thioether (sulfide) groups is 1. The minimum absolute atomic E-state index is 0.125. The molecule has 1 aliphatic carbocycles. The maximum absolute atomic E-state index is 12.1. The number of benzene rings is 1. The van der Waals surface area contributed by atoms with Crippen LogP contribution in [0.25, 0.3) is 11.3 Å². The average Bonchev–Trinajstić information content (AvgIpc) is 3.28. The summed E-state index contributed by atoms with van der Waals surface area (Å²) in [4.78, 5) is 12.1. The van der Waals surface area contributed by atoms with Crippen LogP contribution in [0.2, 0.25) is 5.02 Å². The van der Waals surface area contributed by atoms with E-state index in [0.717, 1.165) is 30.0 Å². The predicted octanol–water partition coefficient (Wildman–Crippen LogP) is 3.19. The lowest BCUT2D eigenvalue weighted by atomic mass is 10.2. The van der Waals surface area contributed by atoms with Gasteiger partial charge in [0.15, 0.2) is 5.82 Å². The number of aromatic nitrogens is 3. The molecule has 3 aromatic rings. The second-order valence-corrected chi connectivity index (χ2v) is 7.70. The van der Waals surface area contributed by atoms with Crippen LogP contribution in [-0.2, 0) is 11.3 Å². The fourth-order valence-corrected chi connectivity index (χ4v) is 3.44. The Morgan fingerprint density at radius 3 is 2.78 bits per heavy atom. The molecule has 1 saturated carbocycles. The number of hydrogen-bond acceptors (Lipinski definition) is 6. The Labute approximate surface area is 165 Å². The van der Waals surface area contributed by atoms with Gasteiger partial charge in [0.05, 0.1) is 12.3 Å². The Hall–Kier alpha value is -2.45. The van der Waals surface area contributed by atoms with Crippen molar-refractivity contribution in [2.75, 3.05) is 11.6 Å². The van der Waals surface area contributed by atoms with Gasteiger partial charge < -0.3 is 15.6 Å². The van der Waals surface area contributed by atoms with Crippen molar-refractivity contribution in [3.05, 3.63) is 53.0 Å². The van der Waals surface area contributed by atoms with Gasteiger partial charge in [-0.1, -0.05) is 23.4 Å². The molecular weight excluding hydrogens is 386 g/mol. The van der Waals surface area contributed by atoms with Crippen molar-refractivity contribution in [2.24, 2.45) is 0 Å². The Bertz CT molecular complexity index is 949. The summed E-state index contributed by atoms with van der Waals surface area (Å²) in [6.45, 7) is 0.315. The minimum atomic E-state index is -0.125. The zero-order valence-electron chi connectivity index (χ0n) is 14.4. The molecule has 1 amide bonds. The largest absolute Gasteiger partial charge is 0.459 e. The summed E-state index contributed by atoms with van der Waals surface area (Å²) >= 11 is 7.16. The van der Waals surface area contributed by atoms with Gasteiger partial charge >= 0.3 is 0 Å². The number of carbonyl (C=O) groups is 1. The van der Waals surface area contributed by atoms with Gasteiger partial charge in [0, 0.05) is 16.5 Å². The highest BCUT2D eigenvalue weighted by atomic mass is 35.5. The van der Waals surface area contributed by atoms with Crippen LogP contribution in [0.3, 0.4) is 0 Å². The number of nitrogen functional groups attached to an aromatic ring is 1. The second-order valence-electron chi connectivity index (χ2n) is 6.32. The molecule has 140 valence electrons. The highest BCUT2D eigenvalue weighted by molar-refractivity contribution is 7.99. The maximum Gasteiger partial charge on any atom is 0.230 e. The molecule has 27 heavy (non-hydrogen) atoms. The normalized spacial score (nSPS) is 13.7. The first kappa shape index (κ1) is 17.9. The van der Waals surface area contributed by atoms with E-state index < -0.39 is 0 Å². The number of rotatable bonds is 7. The van der Waals surface area contributed by atoms with Crippen molar-refractivity contribution < 1.29 is 9.21 Å². The average molecular weight is 404 g/mol. The van der Waals surface area contributed by atoms with E-state index in [1.165, 1.54) is 16.4 Å². The topological polar surface area (TPSA) is 99.0 Å². The quantitative estimate of drug-likeness (QED) is 0.464. The zero-order valence-corrected chi connectivity index (χ0v) is 16.0. The monoisotopic (exact) mass is 403 g/mol. The third-order valence-corrected chi connectivity index (χ3v) is 5.41. The molecule has 1 fully saturated rings. The highest BCUT2D eigenvalue weighted by Crippen LogP contribution is 2.39. The van der Waals surface area contributed by atoms with Gasteiger partial charge in [-0.15, -0.1) is 10.2 Å². The van der Waals surface area contributed by atoms with Crippen molar-refractivity contribution in [1.82, 2.24) is 20.2 Å². The van der Waals surface area contributed by atoms with Crippen LogP contribution in [0.4, 0.5) is 0 Å². The molecule has 3 N–H and O–H groups in total. The standard InChI is InChI=1S/C18H18ClN5O2S/c19-13-5-3-11(4-6-13)15-8-7-14(26-15)9-21-16(25)10-27-18-23-22-17(24(18)20)12-1-2-12/h3-8,12H,1-2,9-10,20H2,(H,21,25). The van der Waals surface area contributed by atoms with Crippen LogP contribution in [-0.4, -0.2) is 26.5 Å². The molecule has 0 saturated heterocycles. The van der Waals surface area contributed by atoms with E-state index >= 15 is 0 Å². The van der Waals surface area contributed by atoms with Gasteiger partial charge in [-0.2, -0.15) is 0 Å². The summed E-state index contributed by atoms with van der Waals surface area (Å²) in [5, 5.41) is 12.2. The molecular formula is C18H18ClN5O2S. The Balaban J connectivity index is 1.27. The van der Waals surface area contributed by atoms with Gasteiger partial charge in [0.25, 0.3) is 0 Å². The van der Waals surface area contributed by atoms with Gasteiger partial charge in [-0.3, -0.25) is 4.79 Å². The number of furan rings is 1. The number of carbonyl (C=O) groups excluding carboxylic acids is 1. The fraction of sp³-hybridized carbons (Fsp3) is 0.278. The van der Waals surface area contributed by atoms with Crippen LogP contribution in [0.1, 0.15) is 30.3 Å². The van der Waals surface area contributed by atoms with Crippen LogP contribution >= 0.6 is 23.4 Å². The van der Waals surface area contributed by atoms with Crippen molar-refractivity contribution in [3.63, 3.8) is 0 Å². The van der Waals surface area contributed by atoms with Gasteiger partial charge in [0.2, 0.25) is 11.1 Å². The van der Waals surface area contributed by atoms with Crippen LogP contribution in [0.15, 0.2) is 46.0 Å². The Kier molecular flexibility index (Phi) is 5.09. The van der Waals surface area contributed by atoms with Gasteiger partial charge in [0.1, 0.15) is 11.5 Å². The van der Waals surface area contributed by atoms with E-state index in [-0.39, 0.29) is 11.7 Å². The van der Waals surface area contributed by atoms with E-state index in [0.29, 0.717) is 28.4 Å². The summed E-state index contributed by atoms with van der Waals surface area (Å²) in [5.41, 5.74) is 0.932. The SMILES string of the molecule is Nn1c(SCC(=O)NCc2ccc(-c3ccc(Cl)cc3)o2)nnc1C1CC1. The number of nitrogens with two attached hydrogens (primary N) is 1. The lowest BCUT2D eigenvalue weighted by Crippen LogP contribution is -2.24. The molecule has 2 heterocycles. The first-order valence-electron chi connectivity index (χ1n) is 8.54. The van der Waals surface area contributed by atoms with Crippen LogP contribution in [0.5, 0.6) is 0 Å². The summed E-state index contributed by atoms with van der Waals surface area (Å²) in [6, 6.07) is 11.1. The van der Waals surface area contributed by atoms with Crippen LogP contribution in [0, 0.1) is 0 Å². The molecule has 1 aliphatic rings. The van der Waals surface area contributed by atoms with Crippen molar-refractivity contribution in [1.29, 1.82) is 0 Å². The van der Waals surface area contributed by atoms with Crippen LogP contribution < -0.4 is 11.2 Å². The number of nitrogens with zero attached hydrogens (tertiary/aromatic N) is 3. The molecule has 0 aliphatic heterocycles. The molecule has 2 aromatic heterocycles. The third kappa shape index (κ3) is 4.28. The van der Waals surface area contributed by atoms with Crippen molar-refractivity contribution in [3.8, 4) is 11.3 Å². The number of hydrogen-bond donors (Lipinski definition) is 2. The molecule has 4 rings (SSSR count). The second kappa shape index (κ2) is 7.66. The molecule has 0 atom stereocenters. The van der Waals surface area contributed by atoms with E-state index in [2.05, 4.69) is 15.5 Å². The fourth-order valence-electron chi connectivity index (χ4n) is 2.62. The lowest BCUT2D eigenvalue weighted by molar-refractivity contribution is -0.118. The lowest BCUT2D eigenvalue weighted by Gasteiger charge is -2.04. The highest BCUT2D eigenvalue weighted by Gasteiger charge is 2.30. The van der Waals surface area contributed by atoms with Crippen molar-refractivity contribution >= 4 is 29.3 Å². The molecule has 9 heteroatoms. The summed E-state index contributed by atoms with van der Waals surface area (Å²) < 4.78 is 7.25. The van der Waals surface area contributed by atoms with E-state index in [1.807, 2.05) is 36.4 Å². The number of amides is 1. The van der Waals surface area contributed by atoms with E-state index in [4.69, 9.17) is 21.9 Å². The Morgan fingerprint density at radius 1 is 1.26 bits per heavy atom. The molecule has 0 spiro atoms. The predicted molar refractivity (Wildman–Crippen MR) is 104 cm³/mol. The first-order chi connectivity index (χ1) is 13.1. The Morgan fingerprint density at radius 2 is 2.04 bits per heavy atom.